The van der Waals surface area contributed by atoms with Gasteiger partial charge in [-0.05, 0) is 37.8 Å². The van der Waals surface area contributed by atoms with Crippen LogP contribution in [0.3, 0.4) is 0 Å². The molecule has 0 radical (unpaired) electrons. The van der Waals surface area contributed by atoms with E-state index in [1.165, 1.54) is 5.56 Å². The molecule has 0 saturated carbocycles. The van der Waals surface area contributed by atoms with E-state index in [4.69, 9.17) is 0 Å². The molecule has 0 amide bonds. The highest BCUT2D eigenvalue weighted by atomic mass is 32.1. The zero-order valence-electron chi connectivity index (χ0n) is 8.92. The van der Waals surface area contributed by atoms with Crippen LogP contribution in [0.25, 0.3) is 10.6 Å². The van der Waals surface area contributed by atoms with Gasteiger partial charge >= 0.3 is 0 Å². The van der Waals surface area contributed by atoms with E-state index in [9.17, 15) is 4.79 Å². The minimum absolute atomic E-state index is 0.0506. The van der Waals surface area contributed by atoms with Crippen LogP contribution < -0.4 is 5.56 Å². The lowest BCUT2D eigenvalue weighted by Crippen LogP contribution is -2.14. The van der Waals surface area contributed by atoms with Crippen molar-refractivity contribution in [3.05, 3.63) is 38.8 Å². The quantitative estimate of drug-likeness (QED) is 0.802. The molecule has 1 N–H and O–H groups in total. The number of thiophene rings is 1. The van der Waals surface area contributed by atoms with Crippen LogP contribution >= 0.6 is 11.3 Å². The molecule has 0 atom stereocenters. The second-order valence-electron chi connectivity index (χ2n) is 3.56. The van der Waals surface area contributed by atoms with Gasteiger partial charge in [-0.2, -0.15) is 0 Å². The van der Waals surface area contributed by atoms with Gasteiger partial charge in [0, 0.05) is 5.56 Å². The molecule has 0 unspecified atom stereocenters. The van der Waals surface area contributed by atoms with Gasteiger partial charge in [-0.3, -0.25) is 4.79 Å². The van der Waals surface area contributed by atoms with Gasteiger partial charge in [0.1, 0.15) is 5.82 Å². The number of hydrogen-bond donors (Lipinski definition) is 1. The summed E-state index contributed by atoms with van der Waals surface area (Å²) in [6.07, 6.45) is 0. The molecule has 0 aromatic carbocycles. The van der Waals surface area contributed by atoms with Crippen molar-refractivity contribution in [2.45, 2.75) is 20.8 Å². The average Bonchev–Trinajstić information content (AvgIpc) is 2.58. The summed E-state index contributed by atoms with van der Waals surface area (Å²) in [5, 5.41) is 2.02. The van der Waals surface area contributed by atoms with E-state index in [1.54, 1.807) is 25.2 Å². The molecular formula is C11H12N2OS. The number of aryl methyl sites for hydroxylation is 2. The van der Waals surface area contributed by atoms with Crippen molar-refractivity contribution >= 4 is 11.3 Å². The monoisotopic (exact) mass is 220 g/mol. The third-order valence-electron chi connectivity index (χ3n) is 2.35. The Bertz CT molecular complexity index is 554. The topological polar surface area (TPSA) is 45.8 Å². The van der Waals surface area contributed by atoms with Gasteiger partial charge < -0.3 is 4.98 Å². The molecule has 3 nitrogen and oxygen atoms in total. The third-order valence-corrected chi connectivity index (χ3v) is 3.37. The van der Waals surface area contributed by atoms with Gasteiger partial charge in [0.25, 0.3) is 5.56 Å². The standard InChI is InChI=1S/C11H12N2OS/c1-6-4-5-15-10(6)9-7(2)11(14)13-8(3)12-9/h4-5H,1-3H3,(H,12,13,14). The summed E-state index contributed by atoms with van der Waals surface area (Å²) in [7, 11) is 0. The highest BCUT2D eigenvalue weighted by Gasteiger charge is 2.11. The highest BCUT2D eigenvalue weighted by molar-refractivity contribution is 7.13. The summed E-state index contributed by atoms with van der Waals surface area (Å²) in [4.78, 5) is 19.8. The van der Waals surface area contributed by atoms with Gasteiger partial charge in [-0.1, -0.05) is 0 Å². The lowest BCUT2D eigenvalue weighted by molar-refractivity contribution is 1.00. The molecule has 2 aromatic heterocycles. The van der Waals surface area contributed by atoms with Gasteiger partial charge in [-0.25, -0.2) is 4.98 Å². The van der Waals surface area contributed by atoms with Crippen molar-refractivity contribution in [3.63, 3.8) is 0 Å². The Labute approximate surface area is 91.8 Å². The number of rotatable bonds is 1. The number of aromatic amines is 1. The van der Waals surface area contributed by atoms with Crippen LogP contribution in [-0.4, -0.2) is 9.97 Å². The van der Waals surface area contributed by atoms with E-state index in [2.05, 4.69) is 9.97 Å². The SMILES string of the molecule is Cc1nc(-c2sccc2C)c(C)c(=O)[nH]1. The van der Waals surface area contributed by atoms with Crippen molar-refractivity contribution in [1.82, 2.24) is 9.97 Å². The summed E-state index contributed by atoms with van der Waals surface area (Å²) in [5.74, 6) is 0.661. The van der Waals surface area contributed by atoms with Gasteiger partial charge in [-0.15, -0.1) is 11.3 Å². The van der Waals surface area contributed by atoms with Crippen molar-refractivity contribution in [2.75, 3.05) is 0 Å². The first kappa shape index (κ1) is 10.1. The lowest BCUT2D eigenvalue weighted by atomic mass is 10.1. The molecular weight excluding hydrogens is 208 g/mol. The normalized spacial score (nSPS) is 10.6. The molecule has 4 heteroatoms. The average molecular weight is 220 g/mol. The molecule has 0 aliphatic heterocycles. The van der Waals surface area contributed by atoms with Crippen molar-refractivity contribution in [3.8, 4) is 10.6 Å². The summed E-state index contributed by atoms with van der Waals surface area (Å²) < 4.78 is 0. The van der Waals surface area contributed by atoms with Crippen LogP contribution in [-0.2, 0) is 0 Å². The fourth-order valence-electron chi connectivity index (χ4n) is 1.48. The second kappa shape index (κ2) is 3.62. The molecule has 0 fully saturated rings. The van der Waals surface area contributed by atoms with Crippen molar-refractivity contribution in [2.24, 2.45) is 0 Å². The number of hydrogen-bond acceptors (Lipinski definition) is 3. The Morgan fingerprint density at radius 2 is 2.07 bits per heavy atom. The first-order chi connectivity index (χ1) is 7.09. The van der Waals surface area contributed by atoms with Crippen LogP contribution in [0.1, 0.15) is 17.0 Å². The predicted octanol–water partition coefficient (Wildman–Crippen LogP) is 2.42. The van der Waals surface area contributed by atoms with Crippen LogP contribution in [0.2, 0.25) is 0 Å². The minimum Gasteiger partial charge on any atom is -0.311 e. The maximum absolute atomic E-state index is 11.6. The third kappa shape index (κ3) is 1.72. The first-order valence-electron chi connectivity index (χ1n) is 4.71. The van der Waals surface area contributed by atoms with Gasteiger partial charge in [0.15, 0.2) is 0 Å². The smallest absolute Gasteiger partial charge is 0.254 e. The van der Waals surface area contributed by atoms with Gasteiger partial charge in [0.2, 0.25) is 0 Å². The molecule has 15 heavy (non-hydrogen) atoms. The summed E-state index contributed by atoms with van der Waals surface area (Å²) in [5.41, 5.74) is 2.61. The Hall–Kier alpha value is -1.42. The summed E-state index contributed by atoms with van der Waals surface area (Å²) >= 11 is 1.62. The predicted molar refractivity (Wildman–Crippen MR) is 62.4 cm³/mol. The molecule has 78 valence electrons. The molecule has 0 saturated heterocycles. The fourth-order valence-corrected chi connectivity index (χ4v) is 2.45. The van der Waals surface area contributed by atoms with E-state index >= 15 is 0 Å². The van der Waals surface area contributed by atoms with E-state index in [-0.39, 0.29) is 5.56 Å². The molecule has 2 rings (SSSR count). The molecule has 0 spiro atoms. The fraction of sp³-hybridized carbons (Fsp3) is 0.273. The summed E-state index contributed by atoms with van der Waals surface area (Å²) in [6, 6.07) is 2.04. The van der Waals surface area contributed by atoms with Crippen LogP contribution in [0.4, 0.5) is 0 Å². The van der Waals surface area contributed by atoms with E-state index in [0.29, 0.717) is 11.4 Å². The number of nitrogens with one attached hydrogen (secondary N) is 1. The molecule has 2 aromatic rings. The van der Waals surface area contributed by atoms with Crippen LogP contribution in [0.5, 0.6) is 0 Å². The van der Waals surface area contributed by atoms with Crippen LogP contribution in [0, 0.1) is 20.8 Å². The molecule has 0 bridgehead atoms. The largest absolute Gasteiger partial charge is 0.311 e. The number of H-pyrrole nitrogens is 1. The highest BCUT2D eigenvalue weighted by Crippen LogP contribution is 2.28. The van der Waals surface area contributed by atoms with E-state index < -0.39 is 0 Å². The van der Waals surface area contributed by atoms with Crippen LogP contribution in [0.15, 0.2) is 16.2 Å². The van der Waals surface area contributed by atoms with E-state index in [1.807, 2.05) is 18.4 Å². The summed E-state index contributed by atoms with van der Waals surface area (Å²) in [6.45, 7) is 5.64. The Morgan fingerprint density at radius 1 is 1.33 bits per heavy atom. The van der Waals surface area contributed by atoms with E-state index in [0.717, 1.165) is 10.6 Å². The Balaban J connectivity index is 2.73. The number of aromatic nitrogens is 2. The Morgan fingerprint density at radius 3 is 2.67 bits per heavy atom. The molecule has 0 aliphatic rings. The maximum atomic E-state index is 11.6. The Kier molecular flexibility index (Phi) is 2.44. The molecule has 0 aliphatic carbocycles. The maximum Gasteiger partial charge on any atom is 0.254 e. The molecule has 2 heterocycles. The first-order valence-corrected chi connectivity index (χ1v) is 5.59. The lowest BCUT2D eigenvalue weighted by Gasteiger charge is -2.04. The van der Waals surface area contributed by atoms with Crippen molar-refractivity contribution < 1.29 is 0 Å². The zero-order valence-corrected chi connectivity index (χ0v) is 9.73. The zero-order chi connectivity index (χ0) is 11.0. The van der Waals surface area contributed by atoms with Gasteiger partial charge in [0.05, 0.1) is 10.6 Å². The minimum atomic E-state index is -0.0506. The second-order valence-corrected chi connectivity index (χ2v) is 4.47. The number of nitrogens with zero attached hydrogens (tertiary/aromatic N) is 1. The van der Waals surface area contributed by atoms with Crippen molar-refractivity contribution in [1.29, 1.82) is 0 Å².